The number of nitrogens with zero attached hydrogens (tertiary/aromatic N) is 3. The van der Waals surface area contributed by atoms with Crippen molar-refractivity contribution < 1.29 is 19.1 Å². The number of methoxy groups -OCH3 is 1. The first-order valence-corrected chi connectivity index (χ1v) is 14.6. The van der Waals surface area contributed by atoms with Crippen LogP contribution in [-0.2, 0) is 4.79 Å². The van der Waals surface area contributed by atoms with Gasteiger partial charge in [0.1, 0.15) is 5.75 Å². The highest BCUT2D eigenvalue weighted by molar-refractivity contribution is 8.01. The number of thiazole rings is 1. The zero-order chi connectivity index (χ0) is 28.1. The third kappa shape index (κ3) is 6.44. The number of fused-ring (bicyclic) bond motifs is 1. The van der Waals surface area contributed by atoms with Gasteiger partial charge in [-0.25, -0.2) is 4.98 Å². The molecule has 206 valence electrons. The van der Waals surface area contributed by atoms with Crippen molar-refractivity contribution in [1.29, 1.82) is 0 Å². The Labute approximate surface area is 240 Å². The van der Waals surface area contributed by atoms with Gasteiger partial charge in [-0.1, -0.05) is 36.0 Å². The fourth-order valence-electron chi connectivity index (χ4n) is 4.35. The normalized spacial score (nSPS) is 13.7. The van der Waals surface area contributed by atoms with E-state index in [1.165, 1.54) is 23.1 Å². The average Bonchev–Trinajstić information content (AvgIpc) is 3.39. The van der Waals surface area contributed by atoms with Crippen LogP contribution in [0.3, 0.4) is 0 Å². The number of amides is 3. The lowest BCUT2D eigenvalue weighted by atomic mass is 10.0. The number of nitrogens with one attached hydrogen (secondary N) is 2. The van der Waals surface area contributed by atoms with Crippen LogP contribution in [0.25, 0.3) is 10.2 Å². The molecule has 9 nitrogen and oxygen atoms in total. The van der Waals surface area contributed by atoms with E-state index < -0.39 is 0 Å². The second-order valence-electron chi connectivity index (χ2n) is 9.29. The molecule has 5 rings (SSSR count). The van der Waals surface area contributed by atoms with Crippen molar-refractivity contribution >= 4 is 62.4 Å². The molecule has 1 fully saturated rings. The average molecular weight is 576 g/mol. The van der Waals surface area contributed by atoms with Crippen LogP contribution in [0.15, 0.2) is 71.1 Å². The summed E-state index contributed by atoms with van der Waals surface area (Å²) in [4.78, 5) is 47.5. The maximum absolute atomic E-state index is 13.2. The van der Waals surface area contributed by atoms with Gasteiger partial charge in [0.2, 0.25) is 5.91 Å². The number of piperazine rings is 1. The van der Waals surface area contributed by atoms with Gasteiger partial charge in [0.15, 0.2) is 4.34 Å². The van der Waals surface area contributed by atoms with Crippen LogP contribution >= 0.6 is 23.1 Å². The molecule has 2 heterocycles. The van der Waals surface area contributed by atoms with Crippen LogP contribution in [-0.4, -0.2) is 78.6 Å². The predicted molar refractivity (Wildman–Crippen MR) is 160 cm³/mol. The first-order valence-electron chi connectivity index (χ1n) is 12.8. The molecule has 1 aliphatic heterocycles. The molecule has 3 aromatic carbocycles. The van der Waals surface area contributed by atoms with Crippen LogP contribution in [0.1, 0.15) is 20.7 Å². The highest BCUT2D eigenvalue weighted by Gasteiger charge is 2.24. The number of thioether (sulfide) groups is 1. The molecule has 40 heavy (non-hydrogen) atoms. The lowest BCUT2D eigenvalue weighted by Crippen LogP contribution is -2.47. The van der Waals surface area contributed by atoms with Gasteiger partial charge in [-0.05, 0) is 49.5 Å². The van der Waals surface area contributed by atoms with Crippen LogP contribution in [0.5, 0.6) is 5.75 Å². The largest absolute Gasteiger partial charge is 0.495 e. The van der Waals surface area contributed by atoms with Gasteiger partial charge in [-0.15, -0.1) is 11.3 Å². The molecule has 0 atom stereocenters. The number of likely N-dealkylation sites (N-methyl/N-ethyl adjacent to an activating group) is 1. The van der Waals surface area contributed by atoms with Gasteiger partial charge < -0.3 is 25.2 Å². The van der Waals surface area contributed by atoms with E-state index in [1.54, 1.807) is 54.5 Å². The van der Waals surface area contributed by atoms with E-state index in [4.69, 9.17) is 4.74 Å². The fourth-order valence-corrected chi connectivity index (χ4v) is 6.26. The Morgan fingerprint density at radius 2 is 1.68 bits per heavy atom. The molecule has 4 aromatic rings. The summed E-state index contributed by atoms with van der Waals surface area (Å²) >= 11 is 2.79. The van der Waals surface area contributed by atoms with E-state index in [0.29, 0.717) is 41.3 Å². The van der Waals surface area contributed by atoms with Gasteiger partial charge in [0.25, 0.3) is 11.8 Å². The van der Waals surface area contributed by atoms with Crippen LogP contribution in [0, 0.1) is 0 Å². The summed E-state index contributed by atoms with van der Waals surface area (Å²) in [6, 6.07) is 19.6. The van der Waals surface area contributed by atoms with E-state index in [2.05, 4.69) is 20.5 Å². The molecule has 0 spiro atoms. The minimum atomic E-state index is -0.343. The van der Waals surface area contributed by atoms with Gasteiger partial charge in [0.05, 0.1) is 39.9 Å². The third-order valence-corrected chi connectivity index (χ3v) is 8.69. The quantitative estimate of drug-likeness (QED) is 0.294. The number of hydrogen-bond donors (Lipinski definition) is 2. The molecule has 1 aliphatic rings. The Kier molecular flexibility index (Phi) is 8.63. The SMILES string of the molecule is COc1ccccc1NC(=O)CSc1nc2ccc(NC(=O)c3ccccc3C(=O)N3CCN(C)CC3)cc2s1. The zero-order valence-electron chi connectivity index (χ0n) is 22.2. The molecular weight excluding hydrogens is 546 g/mol. The summed E-state index contributed by atoms with van der Waals surface area (Å²) in [5, 5.41) is 5.79. The Hall–Kier alpha value is -3.93. The van der Waals surface area contributed by atoms with Gasteiger partial charge in [0, 0.05) is 31.9 Å². The van der Waals surface area contributed by atoms with E-state index in [-0.39, 0.29) is 23.5 Å². The molecule has 0 saturated carbocycles. The molecule has 0 unspecified atom stereocenters. The number of carbonyl (C=O) groups is 3. The van der Waals surface area contributed by atoms with Gasteiger partial charge in [-0.2, -0.15) is 0 Å². The molecule has 3 amide bonds. The van der Waals surface area contributed by atoms with Crippen molar-refractivity contribution in [2.45, 2.75) is 4.34 Å². The monoisotopic (exact) mass is 575 g/mol. The third-order valence-electron chi connectivity index (χ3n) is 6.53. The van der Waals surface area contributed by atoms with E-state index in [0.717, 1.165) is 27.6 Å². The smallest absolute Gasteiger partial charge is 0.256 e. The summed E-state index contributed by atoms with van der Waals surface area (Å²) in [7, 11) is 3.59. The Bertz CT molecular complexity index is 1550. The minimum absolute atomic E-state index is 0.131. The number of hydrogen-bond acceptors (Lipinski definition) is 8. The maximum Gasteiger partial charge on any atom is 0.256 e. The van der Waals surface area contributed by atoms with Crippen LogP contribution in [0.2, 0.25) is 0 Å². The van der Waals surface area contributed by atoms with Crippen molar-refractivity contribution in [1.82, 2.24) is 14.8 Å². The van der Waals surface area contributed by atoms with E-state index >= 15 is 0 Å². The number of ether oxygens (including phenoxy) is 1. The van der Waals surface area contributed by atoms with Crippen molar-refractivity contribution in [2.75, 3.05) is 56.7 Å². The molecule has 0 aliphatic carbocycles. The van der Waals surface area contributed by atoms with Crippen molar-refractivity contribution in [2.24, 2.45) is 0 Å². The van der Waals surface area contributed by atoms with E-state index in [1.807, 2.05) is 31.3 Å². The van der Waals surface area contributed by atoms with E-state index in [9.17, 15) is 14.4 Å². The molecule has 2 N–H and O–H groups in total. The highest BCUT2D eigenvalue weighted by atomic mass is 32.2. The summed E-state index contributed by atoms with van der Waals surface area (Å²) in [6.07, 6.45) is 0. The predicted octanol–water partition coefficient (Wildman–Crippen LogP) is 4.68. The number of benzene rings is 3. The second-order valence-corrected chi connectivity index (χ2v) is 11.5. The van der Waals surface area contributed by atoms with Crippen molar-refractivity contribution in [3.8, 4) is 5.75 Å². The molecule has 1 saturated heterocycles. The summed E-state index contributed by atoms with van der Waals surface area (Å²) < 4.78 is 6.91. The second kappa shape index (κ2) is 12.5. The number of carbonyl (C=O) groups excluding carboxylic acids is 3. The maximum atomic E-state index is 13.2. The Balaban J connectivity index is 1.23. The molecule has 11 heteroatoms. The Morgan fingerprint density at radius 1 is 0.950 bits per heavy atom. The number of anilines is 2. The molecule has 0 radical (unpaired) electrons. The van der Waals surface area contributed by atoms with Crippen molar-refractivity contribution in [3.63, 3.8) is 0 Å². The summed E-state index contributed by atoms with van der Waals surface area (Å²) in [6.45, 7) is 2.88. The van der Waals surface area contributed by atoms with Crippen LogP contribution < -0.4 is 15.4 Å². The fraction of sp³-hybridized carbons (Fsp3) is 0.241. The Morgan fingerprint density at radius 3 is 2.45 bits per heavy atom. The number of rotatable bonds is 8. The lowest BCUT2D eigenvalue weighted by molar-refractivity contribution is -0.113. The first-order chi connectivity index (χ1) is 19.4. The number of para-hydroxylation sites is 2. The standard InChI is InChI=1S/C29H29N5O4S2/c1-33-13-15-34(16-14-33)28(37)21-8-4-3-7-20(21)27(36)30-19-11-12-23-25(17-19)40-29(32-23)39-18-26(35)31-22-9-5-6-10-24(22)38-2/h3-12,17H,13-16,18H2,1-2H3,(H,30,36)(H,31,35). The summed E-state index contributed by atoms with van der Waals surface area (Å²) in [5.41, 5.74) is 2.74. The first kappa shape index (κ1) is 27.6. The molecule has 0 bridgehead atoms. The lowest BCUT2D eigenvalue weighted by Gasteiger charge is -2.32. The van der Waals surface area contributed by atoms with Gasteiger partial charge >= 0.3 is 0 Å². The highest BCUT2D eigenvalue weighted by Crippen LogP contribution is 2.32. The number of aromatic nitrogens is 1. The summed E-state index contributed by atoms with van der Waals surface area (Å²) in [5.74, 6) is 0.158. The minimum Gasteiger partial charge on any atom is -0.495 e. The van der Waals surface area contributed by atoms with Crippen molar-refractivity contribution in [3.05, 3.63) is 77.9 Å². The van der Waals surface area contributed by atoms with Crippen LogP contribution in [0.4, 0.5) is 11.4 Å². The van der Waals surface area contributed by atoms with Gasteiger partial charge in [-0.3, -0.25) is 14.4 Å². The molecule has 1 aromatic heterocycles. The molecular formula is C29H29N5O4S2. The topological polar surface area (TPSA) is 104 Å². The zero-order valence-corrected chi connectivity index (χ0v) is 23.8.